The molecule has 2 aromatic carbocycles. The molecule has 3 nitrogen and oxygen atoms in total. The van der Waals surface area contributed by atoms with Crippen molar-refractivity contribution in [1.82, 2.24) is 4.90 Å². The number of benzene rings is 2. The van der Waals surface area contributed by atoms with E-state index < -0.39 is 17.2 Å². The largest absolute Gasteiger partial charge is 0.385 e. The fourth-order valence-corrected chi connectivity index (χ4v) is 4.13. The third kappa shape index (κ3) is 3.86. The lowest BCUT2D eigenvalue weighted by atomic mass is 9.67. The summed E-state index contributed by atoms with van der Waals surface area (Å²) in [7, 11) is 0. The van der Waals surface area contributed by atoms with Gasteiger partial charge < -0.3 is 10.2 Å². The first kappa shape index (κ1) is 21.0. The maximum absolute atomic E-state index is 13.4. The zero-order valence-electron chi connectivity index (χ0n) is 17.3. The maximum atomic E-state index is 13.4. The van der Waals surface area contributed by atoms with Crippen molar-refractivity contribution in [2.75, 3.05) is 13.1 Å². The molecule has 3 rings (SSSR count). The number of halogens is 1. The molecule has 0 radical (unpaired) electrons. The van der Waals surface area contributed by atoms with Gasteiger partial charge in [0.25, 0.3) is 0 Å². The van der Waals surface area contributed by atoms with Crippen LogP contribution in [-0.4, -0.2) is 40.0 Å². The van der Waals surface area contributed by atoms with Crippen LogP contribution >= 0.6 is 0 Å². The highest BCUT2D eigenvalue weighted by Gasteiger charge is 2.49. The Kier molecular flexibility index (Phi) is 5.95. The minimum atomic E-state index is -1.37. The quantitative estimate of drug-likeness (QED) is 0.792. The van der Waals surface area contributed by atoms with E-state index in [0.29, 0.717) is 5.92 Å². The summed E-state index contributed by atoms with van der Waals surface area (Å²) >= 11 is 0. The van der Waals surface area contributed by atoms with Gasteiger partial charge in [-0.15, -0.1) is 0 Å². The van der Waals surface area contributed by atoms with E-state index in [0.717, 1.165) is 42.6 Å². The molecule has 4 heteroatoms. The van der Waals surface area contributed by atoms with Crippen molar-refractivity contribution in [2.45, 2.75) is 57.8 Å². The summed E-state index contributed by atoms with van der Waals surface area (Å²) in [5.74, 6) is 0.378. The molecule has 1 aliphatic heterocycles. The third-order valence-electron chi connectivity index (χ3n) is 6.69. The molecule has 0 aromatic heterocycles. The van der Waals surface area contributed by atoms with E-state index in [1.54, 1.807) is 19.1 Å². The monoisotopic (exact) mass is 385 g/mol. The number of likely N-dealkylation sites (tertiary alicyclic amines) is 1. The topological polar surface area (TPSA) is 43.7 Å². The van der Waals surface area contributed by atoms with Crippen LogP contribution in [0, 0.1) is 11.7 Å². The van der Waals surface area contributed by atoms with Crippen molar-refractivity contribution in [3.8, 4) is 11.1 Å². The van der Waals surface area contributed by atoms with Gasteiger partial charge in [-0.25, -0.2) is 4.39 Å². The number of hydrogen-bond donors (Lipinski definition) is 2. The second kappa shape index (κ2) is 7.94. The first-order chi connectivity index (χ1) is 13.1. The van der Waals surface area contributed by atoms with Crippen LogP contribution < -0.4 is 0 Å². The summed E-state index contributed by atoms with van der Waals surface area (Å²) < 4.78 is 13.4. The fourth-order valence-electron chi connectivity index (χ4n) is 4.13. The van der Waals surface area contributed by atoms with E-state index in [1.807, 2.05) is 43.0 Å². The summed E-state index contributed by atoms with van der Waals surface area (Å²) in [6.07, 6.45) is 1.09. The van der Waals surface area contributed by atoms with Gasteiger partial charge in [-0.1, -0.05) is 57.2 Å². The Hall–Kier alpha value is -1.75. The third-order valence-corrected chi connectivity index (χ3v) is 6.69. The Balaban J connectivity index is 1.96. The molecule has 0 amide bonds. The first-order valence-electron chi connectivity index (χ1n) is 10.1. The molecule has 0 spiro atoms. The normalized spacial score (nSPS) is 20.0. The lowest BCUT2D eigenvalue weighted by molar-refractivity contribution is -0.176. The van der Waals surface area contributed by atoms with E-state index in [2.05, 4.69) is 6.92 Å². The molecule has 152 valence electrons. The van der Waals surface area contributed by atoms with Crippen molar-refractivity contribution in [2.24, 2.45) is 5.92 Å². The second-order valence-corrected chi connectivity index (χ2v) is 8.92. The van der Waals surface area contributed by atoms with Crippen LogP contribution in [0.15, 0.2) is 48.5 Å². The average Bonchev–Trinajstić information content (AvgIpc) is 2.68. The predicted molar refractivity (Wildman–Crippen MR) is 111 cm³/mol. The predicted octanol–water partition coefficient (Wildman–Crippen LogP) is 4.57. The van der Waals surface area contributed by atoms with E-state index in [9.17, 15) is 14.6 Å². The molecule has 1 fully saturated rings. The molecule has 0 aliphatic carbocycles. The lowest BCUT2D eigenvalue weighted by Crippen LogP contribution is -2.61. The molecule has 2 aromatic rings. The van der Waals surface area contributed by atoms with Crippen molar-refractivity contribution < 1.29 is 14.6 Å². The van der Waals surface area contributed by atoms with Gasteiger partial charge in [0.1, 0.15) is 17.6 Å². The molecule has 2 atom stereocenters. The lowest BCUT2D eigenvalue weighted by Gasteiger charge is -2.48. The molecule has 2 unspecified atom stereocenters. The highest BCUT2D eigenvalue weighted by atomic mass is 19.1. The molecular weight excluding hydrogens is 353 g/mol. The van der Waals surface area contributed by atoms with Crippen molar-refractivity contribution in [3.05, 3.63) is 59.9 Å². The molecular formula is C24H32FNO2. The minimum absolute atomic E-state index is 0.276. The van der Waals surface area contributed by atoms with Crippen LogP contribution in [0.5, 0.6) is 0 Å². The smallest absolute Gasteiger partial charge is 0.137 e. The van der Waals surface area contributed by atoms with Gasteiger partial charge in [0, 0.05) is 18.5 Å². The molecule has 28 heavy (non-hydrogen) atoms. The van der Waals surface area contributed by atoms with Crippen molar-refractivity contribution >= 4 is 0 Å². The zero-order valence-corrected chi connectivity index (χ0v) is 17.3. The van der Waals surface area contributed by atoms with Gasteiger partial charge in [-0.05, 0) is 54.5 Å². The van der Waals surface area contributed by atoms with Crippen LogP contribution in [-0.2, 0) is 5.41 Å². The van der Waals surface area contributed by atoms with Gasteiger partial charge >= 0.3 is 0 Å². The number of piperidine rings is 1. The molecule has 1 aliphatic rings. The molecule has 1 heterocycles. The Labute approximate surface area is 167 Å². The second-order valence-electron chi connectivity index (χ2n) is 8.92. The van der Waals surface area contributed by atoms with Crippen LogP contribution in [0.1, 0.15) is 46.1 Å². The highest BCUT2D eigenvalue weighted by molar-refractivity contribution is 5.69. The van der Waals surface area contributed by atoms with Gasteiger partial charge in [-0.2, -0.15) is 0 Å². The summed E-state index contributed by atoms with van der Waals surface area (Å²) in [5, 5.41) is 22.7. The van der Waals surface area contributed by atoms with Crippen LogP contribution in [0.4, 0.5) is 4.39 Å². The zero-order chi connectivity index (χ0) is 20.5. The van der Waals surface area contributed by atoms with Crippen LogP contribution in [0.3, 0.4) is 0 Å². The van der Waals surface area contributed by atoms with E-state index >= 15 is 0 Å². The summed E-state index contributed by atoms with van der Waals surface area (Å²) in [6.45, 7) is 9.44. The number of hydrogen-bond acceptors (Lipinski definition) is 3. The van der Waals surface area contributed by atoms with Gasteiger partial charge in [0.05, 0.1) is 0 Å². The Morgan fingerprint density at radius 1 is 1.00 bits per heavy atom. The highest BCUT2D eigenvalue weighted by Crippen LogP contribution is 2.43. The van der Waals surface area contributed by atoms with Crippen molar-refractivity contribution in [1.29, 1.82) is 0 Å². The minimum Gasteiger partial charge on any atom is -0.385 e. The molecule has 2 N–H and O–H groups in total. The summed E-state index contributed by atoms with van der Waals surface area (Å²) in [5.41, 5.74) is 0.648. The Morgan fingerprint density at radius 3 is 2.18 bits per heavy atom. The van der Waals surface area contributed by atoms with E-state index in [-0.39, 0.29) is 5.82 Å². The van der Waals surface area contributed by atoms with Gasteiger partial charge in [-0.3, -0.25) is 4.90 Å². The first-order valence-corrected chi connectivity index (χ1v) is 10.1. The van der Waals surface area contributed by atoms with Crippen molar-refractivity contribution in [3.63, 3.8) is 0 Å². The summed E-state index contributed by atoms with van der Waals surface area (Å²) in [4.78, 5) is 1.99. The maximum Gasteiger partial charge on any atom is 0.137 e. The van der Waals surface area contributed by atoms with Crippen LogP contribution in [0.2, 0.25) is 0 Å². The Bertz CT molecular complexity index is 793. The standard InChI is InChI=1S/C24H32FNO2/c1-17-13-15-26(16-14-17)22(27)24(4,28)23(2,3)21-8-6-5-7-20(21)18-9-11-19(25)12-10-18/h5-12,17,22,27-28H,13-16H2,1-4H3. The van der Waals surface area contributed by atoms with E-state index in [1.165, 1.54) is 12.1 Å². The fraction of sp³-hybridized carbons (Fsp3) is 0.500. The number of rotatable bonds is 5. The van der Waals surface area contributed by atoms with Gasteiger partial charge in [0.15, 0.2) is 0 Å². The number of aliphatic hydroxyl groups is 2. The molecule has 1 saturated heterocycles. The average molecular weight is 386 g/mol. The SMILES string of the molecule is CC1CCN(C(O)C(C)(O)C(C)(C)c2ccccc2-c2ccc(F)cc2)CC1. The summed E-state index contributed by atoms with van der Waals surface area (Å²) in [6, 6.07) is 14.2. The number of aliphatic hydroxyl groups excluding tert-OH is 1. The Morgan fingerprint density at radius 2 is 1.57 bits per heavy atom. The van der Waals surface area contributed by atoms with E-state index in [4.69, 9.17) is 0 Å². The molecule has 0 bridgehead atoms. The van der Waals surface area contributed by atoms with Gasteiger partial charge in [0.2, 0.25) is 0 Å². The molecule has 0 saturated carbocycles. The van der Waals surface area contributed by atoms with Crippen LogP contribution in [0.25, 0.3) is 11.1 Å². The number of nitrogens with zero attached hydrogens (tertiary/aromatic N) is 1.